The van der Waals surface area contributed by atoms with Gasteiger partial charge in [0.15, 0.2) is 0 Å². The summed E-state index contributed by atoms with van der Waals surface area (Å²) < 4.78 is 0.725. The summed E-state index contributed by atoms with van der Waals surface area (Å²) in [5.74, 6) is 0.0244. The highest BCUT2D eigenvalue weighted by Crippen LogP contribution is 2.30. The number of rotatable bonds is 3. The summed E-state index contributed by atoms with van der Waals surface area (Å²) in [5, 5.41) is 3.43. The smallest absolute Gasteiger partial charge is 0.227 e. The summed E-state index contributed by atoms with van der Waals surface area (Å²) >= 11 is 9.25. The molecule has 0 saturated carbocycles. The predicted octanol–water partition coefficient (Wildman–Crippen LogP) is 4.09. The third kappa shape index (κ3) is 3.21. The molecule has 0 aromatic heterocycles. The van der Waals surface area contributed by atoms with Crippen LogP contribution in [0.1, 0.15) is 20.3 Å². The number of benzene rings is 1. The first-order valence-corrected chi connectivity index (χ1v) is 5.98. The first kappa shape index (κ1) is 12.5. The molecule has 82 valence electrons. The zero-order valence-corrected chi connectivity index (χ0v) is 11.0. The maximum atomic E-state index is 11.6. The fourth-order valence-corrected chi connectivity index (χ4v) is 1.58. The van der Waals surface area contributed by atoms with E-state index in [1.165, 1.54) is 0 Å². The van der Waals surface area contributed by atoms with E-state index in [4.69, 9.17) is 11.6 Å². The molecule has 15 heavy (non-hydrogen) atoms. The van der Waals surface area contributed by atoms with E-state index in [9.17, 15) is 4.79 Å². The highest BCUT2D eigenvalue weighted by molar-refractivity contribution is 9.10. The summed E-state index contributed by atoms with van der Waals surface area (Å²) in [6.07, 6.45) is 0.823. The van der Waals surface area contributed by atoms with Crippen molar-refractivity contribution in [2.75, 3.05) is 5.32 Å². The molecule has 1 unspecified atom stereocenters. The average molecular weight is 291 g/mol. The SMILES string of the molecule is CCC(C)C(=O)Nc1cccc(Cl)c1Br. The molecular formula is C11H13BrClNO. The number of halogens is 2. The van der Waals surface area contributed by atoms with Gasteiger partial charge in [0.05, 0.1) is 15.2 Å². The second-order valence-corrected chi connectivity index (χ2v) is 4.60. The van der Waals surface area contributed by atoms with E-state index >= 15 is 0 Å². The van der Waals surface area contributed by atoms with Crippen LogP contribution in [0.25, 0.3) is 0 Å². The minimum absolute atomic E-state index is 0.0101. The Morgan fingerprint density at radius 1 is 1.60 bits per heavy atom. The number of nitrogens with one attached hydrogen (secondary N) is 1. The Bertz CT molecular complexity index is 368. The summed E-state index contributed by atoms with van der Waals surface area (Å²) in [7, 11) is 0. The molecule has 1 aromatic carbocycles. The Labute approximate surface area is 103 Å². The molecule has 0 spiro atoms. The van der Waals surface area contributed by atoms with Gasteiger partial charge in [-0.1, -0.05) is 31.5 Å². The standard InChI is InChI=1S/C11H13BrClNO/c1-3-7(2)11(15)14-9-6-4-5-8(13)10(9)12/h4-7H,3H2,1-2H3,(H,14,15). The maximum absolute atomic E-state index is 11.6. The Morgan fingerprint density at radius 2 is 2.27 bits per heavy atom. The van der Waals surface area contributed by atoms with Gasteiger partial charge in [0.25, 0.3) is 0 Å². The van der Waals surface area contributed by atoms with Crippen LogP contribution in [0.3, 0.4) is 0 Å². The van der Waals surface area contributed by atoms with Crippen LogP contribution >= 0.6 is 27.5 Å². The molecule has 0 aliphatic carbocycles. The van der Waals surface area contributed by atoms with Crippen LogP contribution in [-0.4, -0.2) is 5.91 Å². The van der Waals surface area contributed by atoms with Crippen molar-refractivity contribution in [2.45, 2.75) is 20.3 Å². The van der Waals surface area contributed by atoms with Crippen LogP contribution in [0.5, 0.6) is 0 Å². The molecule has 0 aliphatic heterocycles. The van der Waals surface area contributed by atoms with Crippen molar-refractivity contribution >= 4 is 39.1 Å². The van der Waals surface area contributed by atoms with Gasteiger partial charge < -0.3 is 5.32 Å². The van der Waals surface area contributed by atoms with Crippen molar-refractivity contribution in [1.82, 2.24) is 0 Å². The largest absolute Gasteiger partial charge is 0.325 e. The van der Waals surface area contributed by atoms with Crippen molar-refractivity contribution in [3.63, 3.8) is 0 Å². The minimum Gasteiger partial charge on any atom is -0.325 e. The monoisotopic (exact) mass is 289 g/mol. The molecule has 0 radical (unpaired) electrons. The highest BCUT2D eigenvalue weighted by atomic mass is 79.9. The molecule has 1 N–H and O–H groups in total. The van der Waals surface area contributed by atoms with Crippen molar-refractivity contribution in [2.24, 2.45) is 5.92 Å². The fraction of sp³-hybridized carbons (Fsp3) is 0.364. The lowest BCUT2D eigenvalue weighted by atomic mass is 10.1. The predicted molar refractivity (Wildman–Crippen MR) is 67.2 cm³/mol. The van der Waals surface area contributed by atoms with Crippen LogP contribution in [-0.2, 0) is 4.79 Å². The van der Waals surface area contributed by atoms with Gasteiger partial charge >= 0.3 is 0 Å². The van der Waals surface area contributed by atoms with Crippen LogP contribution in [0.15, 0.2) is 22.7 Å². The first-order chi connectivity index (χ1) is 7.06. The van der Waals surface area contributed by atoms with Gasteiger partial charge in [0.2, 0.25) is 5.91 Å². The molecule has 4 heteroatoms. The van der Waals surface area contributed by atoms with Gasteiger partial charge in [-0.15, -0.1) is 0 Å². The van der Waals surface area contributed by atoms with Crippen molar-refractivity contribution in [3.05, 3.63) is 27.7 Å². The lowest BCUT2D eigenvalue weighted by molar-refractivity contribution is -0.119. The maximum Gasteiger partial charge on any atom is 0.227 e. The molecule has 0 aliphatic rings. The second-order valence-electron chi connectivity index (χ2n) is 3.40. The minimum atomic E-state index is 0.0101. The molecule has 1 atom stereocenters. The number of carbonyl (C=O) groups is 1. The Hall–Kier alpha value is -0.540. The van der Waals surface area contributed by atoms with Gasteiger partial charge in [-0.2, -0.15) is 0 Å². The lowest BCUT2D eigenvalue weighted by Gasteiger charge is -2.11. The topological polar surface area (TPSA) is 29.1 Å². The first-order valence-electron chi connectivity index (χ1n) is 4.81. The Kier molecular flexibility index (Phi) is 4.61. The third-order valence-electron chi connectivity index (χ3n) is 2.27. The number of amides is 1. The van der Waals surface area contributed by atoms with Crippen LogP contribution in [0.2, 0.25) is 5.02 Å². The average Bonchev–Trinajstić information content (AvgIpc) is 2.23. The summed E-state index contributed by atoms with van der Waals surface area (Å²) in [5.41, 5.74) is 0.716. The summed E-state index contributed by atoms with van der Waals surface area (Å²) in [6, 6.07) is 5.39. The van der Waals surface area contributed by atoms with Gasteiger partial charge in [-0.05, 0) is 34.5 Å². The van der Waals surface area contributed by atoms with Gasteiger partial charge in [0, 0.05) is 5.92 Å². The van der Waals surface area contributed by atoms with E-state index < -0.39 is 0 Å². The van der Waals surface area contributed by atoms with Crippen molar-refractivity contribution in [1.29, 1.82) is 0 Å². The van der Waals surface area contributed by atoms with Gasteiger partial charge in [-0.25, -0.2) is 0 Å². The Morgan fingerprint density at radius 3 is 2.87 bits per heavy atom. The quantitative estimate of drug-likeness (QED) is 0.892. The van der Waals surface area contributed by atoms with E-state index in [0.717, 1.165) is 10.9 Å². The van der Waals surface area contributed by atoms with Crippen LogP contribution < -0.4 is 5.32 Å². The molecule has 1 aromatic rings. The fourth-order valence-electron chi connectivity index (χ4n) is 1.04. The number of carbonyl (C=O) groups excluding carboxylic acids is 1. The van der Waals surface area contributed by atoms with E-state index in [1.54, 1.807) is 12.1 Å². The zero-order valence-electron chi connectivity index (χ0n) is 8.68. The lowest BCUT2D eigenvalue weighted by Crippen LogP contribution is -2.19. The number of hydrogen-bond acceptors (Lipinski definition) is 1. The molecule has 0 heterocycles. The Balaban J connectivity index is 2.81. The van der Waals surface area contributed by atoms with E-state index in [1.807, 2.05) is 19.9 Å². The second kappa shape index (κ2) is 5.52. The number of hydrogen-bond donors (Lipinski definition) is 1. The van der Waals surface area contributed by atoms with E-state index in [0.29, 0.717) is 10.7 Å². The van der Waals surface area contributed by atoms with Crippen LogP contribution in [0.4, 0.5) is 5.69 Å². The molecule has 0 bridgehead atoms. The van der Waals surface area contributed by atoms with Gasteiger partial charge in [0.1, 0.15) is 0 Å². The van der Waals surface area contributed by atoms with E-state index in [2.05, 4.69) is 21.2 Å². The van der Waals surface area contributed by atoms with Crippen molar-refractivity contribution < 1.29 is 4.79 Å². The van der Waals surface area contributed by atoms with Crippen molar-refractivity contribution in [3.8, 4) is 0 Å². The zero-order chi connectivity index (χ0) is 11.4. The van der Waals surface area contributed by atoms with Crippen LogP contribution in [0, 0.1) is 5.92 Å². The molecule has 0 saturated heterocycles. The molecule has 1 rings (SSSR count). The summed E-state index contributed by atoms with van der Waals surface area (Å²) in [4.78, 5) is 11.6. The molecular weight excluding hydrogens is 277 g/mol. The molecule has 1 amide bonds. The highest BCUT2D eigenvalue weighted by Gasteiger charge is 2.12. The molecule has 0 fully saturated rings. The normalized spacial score (nSPS) is 12.3. The molecule has 2 nitrogen and oxygen atoms in total. The number of anilines is 1. The third-order valence-corrected chi connectivity index (χ3v) is 3.67. The van der Waals surface area contributed by atoms with E-state index in [-0.39, 0.29) is 11.8 Å². The summed E-state index contributed by atoms with van der Waals surface area (Å²) in [6.45, 7) is 3.88. The van der Waals surface area contributed by atoms with Gasteiger partial charge in [-0.3, -0.25) is 4.79 Å².